The summed E-state index contributed by atoms with van der Waals surface area (Å²) < 4.78 is 16.4. The first kappa shape index (κ1) is 16.3. The monoisotopic (exact) mass is 330 g/mol. The molecule has 0 spiro atoms. The molecule has 1 N–H and O–H groups in total. The molecule has 1 saturated heterocycles. The van der Waals surface area contributed by atoms with Crippen LogP contribution >= 0.6 is 0 Å². The molecule has 1 aliphatic rings. The molecule has 1 fully saturated rings. The minimum absolute atomic E-state index is 0.333. The third-order valence-corrected chi connectivity index (χ3v) is 3.90. The highest BCUT2D eigenvalue weighted by Crippen LogP contribution is 2.25. The molecule has 0 amide bonds. The van der Waals surface area contributed by atoms with Gasteiger partial charge in [0.05, 0.1) is 26.6 Å². The number of hydrogen-bond acceptors (Lipinski definition) is 7. The van der Waals surface area contributed by atoms with Crippen LogP contribution in [0.2, 0.25) is 0 Å². The Hall–Kier alpha value is -2.54. The molecular formula is C17H22N4O3. The fourth-order valence-electron chi connectivity index (χ4n) is 2.60. The molecule has 0 unspecified atom stereocenters. The van der Waals surface area contributed by atoms with Gasteiger partial charge in [0.2, 0.25) is 5.88 Å². The van der Waals surface area contributed by atoms with Crippen molar-refractivity contribution < 1.29 is 14.2 Å². The van der Waals surface area contributed by atoms with Crippen LogP contribution in [0.25, 0.3) is 0 Å². The van der Waals surface area contributed by atoms with E-state index in [0.29, 0.717) is 12.5 Å². The van der Waals surface area contributed by atoms with Crippen molar-refractivity contribution in [1.29, 1.82) is 0 Å². The van der Waals surface area contributed by atoms with E-state index in [2.05, 4.69) is 20.2 Å². The molecule has 1 aromatic carbocycles. The summed E-state index contributed by atoms with van der Waals surface area (Å²) in [4.78, 5) is 11.0. The number of nitrogens with one attached hydrogen (secondary N) is 1. The smallest absolute Gasteiger partial charge is 0.234 e. The van der Waals surface area contributed by atoms with Crippen LogP contribution in [0.3, 0.4) is 0 Å². The lowest BCUT2D eigenvalue weighted by Gasteiger charge is -2.28. The molecule has 0 bridgehead atoms. The zero-order valence-electron chi connectivity index (χ0n) is 14.0. The largest absolute Gasteiger partial charge is 0.497 e. The van der Waals surface area contributed by atoms with Crippen molar-refractivity contribution in [2.75, 3.05) is 45.3 Å². The van der Waals surface area contributed by atoms with Crippen LogP contribution < -0.4 is 24.4 Å². The van der Waals surface area contributed by atoms with Crippen LogP contribution in [0.4, 0.5) is 5.82 Å². The molecule has 0 aliphatic carbocycles. The van der Waals surface area contributed by atoms with E-state index in [0.717, 1.165) is 49.1 Å². The molecule has 1 aromatic heterocycles. The summed E-state index contributed by atoms with van der Waals surface area (Å²) in [7, 11) is 3.27. The standard InChI is InChI=1S/C17H22N4O3/c1-22-14-3-4-15(23-2)13(9-14)12-24-17-11-19-10-16(20-17)21-7-5-18-6-8-21/h3-4,9-11,18H,5-8,12H2,1-2H3. The predicted octanol–water partition coefficient (Wildman–Crippen LogP) is 1.48. The van der Waals surface area contributed by atoms with E-state index in [4.69, 9.17) is 14.2 Å². The molecule has 0 atom stereocenters. The molecule has 2 aromatic rings. The highest BCUT2D eigenvalue weighted by atomic mass is 16.5. The second kappa shape index (κ2) is 7.83. The average Bonchev–Trinajstić information content (AvgIpc) is 2.67. The summed E-state index contributed by atoms with van der Waals surface area (Å²) in [6, 6.07) is 5.61. The molecule has 24 heavy (non-hydrogen) atoms. The summed E-state index contributed by atoms with van der Waals surface area (Å²) in [5.74, 6) is 2.85. The van der Waals surface area contributed by atoms with Crippen LogP contribution in [0, 0.1) is 0 Å². The summed E-state index contributed by atoms with van der Waals surface area (Å²) in [5.41, 5.74) is 0.895. The highest BCUT2D eigenvalue weighted by Gasteiger charge is 2.13. The lowest BCUT2D eigenvalue weighted by Crippen LogP contribution is -2.43. The van der Waals surface area contributed by atoms with Crippen molar-refractivity contribution in [3.05, 3.63) is 36.2 Å². The molecule has 1 aliphatic heterocycles. The summed E-state index contributed by atoms with van der Waals surface area (Å²) in [6.07, 6.45) is 3.39. The quantitative estimate of drug-likeness (QED) is 0.860. The van der Waals surface area contributed by atoms with Crippen molar-refractivity contribution in [2.45, 2.75) is 6.61 Å². The second-order valence-corrected chi connectivity index (χ2v) is 5.42. The van der Waals surface area contributed by atoms with Crippen molar-refractivity contribution in [2.24, 2.45) is 0 Å². The fraction of sp³-hybridized carbons (Fsp3) is 0.412. The van der Waals surface area contributed by atoms with Crippen molar-refractivity contribution in [3.63, 3.8) is 0 Å². The Morgan fingerprint density at radius 3 is 2.71 bits per heavy atom. The number of methoxy groups -OCH3 is 2. The molecule has 2 heterocycles. The number of anilines is 1. The Labute approximate surface area is 141 Å². The van der Waals surface area contributed by atoms with Crippen molar-refractivity contribution >= 4 is 5.82 Å². The number of rotatable bonds is 6. The van der Waals surface area contributed by atoms with Gasteiger partial charge in [-0.15, -0.1) is 0 Å². The maximum absolute atomic E-state index is 5.81. The second-order valence-electron chi connectivity index (χ2n) is 5.42. The minimum Gasteiger partial charge on any atom is -0.497 e. The lowest BCUT2D eigenvalue weighted by molar-refractivity contribution is 0.283. The SMILES string of the molecule is COc1ccc(OC)c(COc2cncc(N3CCNCC3)n2)c1. The number of hydrogen-bond donors (Lipinski definition) is 1. The highest BCUT2D eigenvalue weighted by molar-refractivity contribution is 5.41. The molecule has 7 nitrogen and oxygen atoms in total. The van der Waals surface area contributed by atoms with E-state index in [9.17, 15) is 0 Å². The van der Waals surface area contributed by atoms with Gasteiger partial charge in [-0.05, 0) is 18.2 Å². The number of benzene rings is 1. The summed E-state index contributed by atoms with van der Waals surface area (Å²) in [5, 5.41) is 3.32. The first-order valence-electron chi connectivity index (χ1n) is 7.91. The van der Waals surface area contributed by atoms with Gasteiger partial charge in [-0.1, -0.05) is 0 Å². The summed E-state index contributed by atoms with van der Waals surface area (Å²) >= 11 is 0. The zero-order valence-corrected chi connectivity index (χ0v) is 14.0. The first-order chi connectivity index (χ1) is 11.8. The van der Waals surface area contributed by atoms with Crippen LogP contribution in [0.1, 0.15) is 5.56 Å². The molecule has 0 saturated carbocycles. The van der Waals surface area contributed by atoms with Gasteiger partial charge in [-0.2, -0.15) is 4.98 Å². The van der Waals surface area contributed by atoms with Gasteiger partial charge in [-0.3, -0.25) is 4.98 Å². The average molecular weight is 330 g/mol. The predicted molar refractivity (Wildman–Crippen MR) is 91.0 cm³/mol. The lowest BCUT2D eigenvalue weighted by atomic mass is 10.2. The molecule has 128 valence electrons. The van der Waals surface area contributed by atoms with E-state index in [-0.39, 0.29) is 0 Å². The Bertz CT molecular complexity index is 675. The number of nitrogens with zero attached hydrogens (tertiary/aromatic N) is 3. The maximum Gasteiger partial charge on any atom is 0.234 e. The number of piperazine rings is 1. The Balaban J connectivity index is 1.70. The van der Waals surface area contributed by atoms with Gasteiger partial charge in [0.15, 0.2) is 5.82 Å². The van der Waals surface area contributed by atoms with E-state index in [1.165, 1.54) is 0 Å². The Morgan fingerprint density at radius 1 is 1.12 bits per heavy atom. The Morgan fingerprint density at radius 2 is 1.96 bits per heavy atom. The van der Waals surface area contributed by atoms with Gasteiger partial charge in [0, 0.05) is 31.7 Å². The van der Waals surface area contributed by atoms with Crippen molar-refractivity contribution in [3.8, 4) is 17.4 Å². The van der Waals surface area contributed by atoms with Gasteiger partial charge >= 0.3 is 0 Å². The van der Waals surface area contributed by atoms with Gasteiger partial charge < -0.3 is 24.4 Å². The Kier molecular flexibility index (Phi) is 5.32. The van der Waals surface area contributed by atoms with E-state index in [1.54, 1.807) is 26.6 Å². The normalized spacial score (nSPS) is 14.3. The molecule has 3 rings (SSSR count). The molecular weight excluding hydrogens is 308 g/mol. The zero-order chi connectivity index (χ0) is 16.8. The van der Waals surface area contributed by atoms with Crippen LogP contribution in [-0.4, -0.2) is 50.4 Å². The fourth-order valence-corrected chi connectivity index (χ4v) is 2.60. The number of aromatic nitrogens is 2. The van der Waals surface area contributed by atoms with Crippen LogP contribution in [0.5, 0.6) is 17.4 Å². The third-order valence-electron chi connectivity index (χ3n) is 3.90. The maximum atomic E-state index is 5.81. The molecule has 7 heteroatoms. The van der Waals surface area contributed by atoms with Gasteiger partial charge in [0.25, 0.3) is 0 Å². The van der Waals surface area contributed by atoms with E-state index < -0.39 is 0 Å². The topological polar surface area (TPSA) is 68.7 Å². The van der Waals surface area contributed by atoms with Crippen LogP contribution in [-0.2, 0) is 6.61 Å². The summed E-state index contributed by atoms with van der Waals surface area (Å²) in [6.45, 7) is 4.07. The van der Waals surface area contributed by atoms with Gasteiger partial charge in [0.1, 0.15) is 18.1 Å². The molecule has 0 radical (unpaired) electrons. The van der Waals surface area contributed by atoms with Gasteiger partial charge in [-0.25, -0.2) is 0 Å². The van der Waals surface area contributed by atoms with E-state index in [1.807, 2.05) is 18.2 Å². The van der Waals surface area contributed by atoms with Crippen LogP contribution in [0.15, 0.2) is 30.6 Å². The first-order valence-corrected chi connectivity index (χ1v) is 7.91. The van der Waals surface area contributed by atoms with E-state index >= 15 is 0 Å². The minimum atomic E-state index is 0.333. The van der Waals surface area contributed by atoms with Crippen molar-refractivity contribution in [1.82, 2.24) is 15.3 Å². The third kappa shape index (κ3) is 3.86. The number of ether oxygens (including phenoxy) is 3.